The number of hydrogen-bond donors (Lipinski definition) is 1. The van der Waals surface area contributed by atoms with Crippen LogP contribution in [-0.2, 0) is 11.4 Å². The monoisotopic (exact) mass is 335 g/mol. The number of hydrogen-bond acceptors (Lipinski definition) is 3. The van der Waals surface area contributed by atoms with Crippen molar-refractivity contribution in [1.82, 2.24) is 14.5 Å². The van der Waals surface area contributed by atoms with Crippen LogP contribution in [0, 0.1) is 5.41 Å². The molecule has 1 aliphatic carbocycles. The van der Waals surface area contributed by atoms with Crippen molar-refractivity contribution in [3.63, 3.8) is 0 Å². The van der Waals surface area contributed by atoms with Gasteiger partial charge in [0.05, 0.1) is 23.2 Å². The van der Waals surface area contributed by atoms with Gasteiger partial charge in [-0.1, -0.05) is 0 Å². The largest absolute Gasteiger partial charge is 0.598 e. The van der Waals surface area contributed by atoms with Gasteiger partial charge in [-0.3, -0.25) is 4.68 Å². The molecule has 0 aromatic carbocycles. The van der Waals surface area contributed by atoms with Gasteiger partial charge in [-0.2, -0.15) is 18.3 Å². The van der Waals surface area contributed by atoms with E-state index in [2.05, 4.69) is 9.82 Å². The Morgan fingerprint density at radius 2 is 2.00 bits per heavy atom. The van der Waals surface area contributed by atoms with E-state index in [-0.39, 0.29) is 25.3 Å². The minimum atomic E-state index is -4.22. The fourth-order valence-corrected chi connectivity index (χ4v) is 3.95. The van der Waals surface area contributed by atoms with Crippen LogP contribution in [0.1, 0.15) is 57.8 Å². The Bertz CT molecular complexity index is 562. The number of alkyl halides is 3. The molecule has 1 aromatic heterocycles. The van der Waals surface area contributed by atoms with Gasteiger partial charge in [0.1, 0.15) is 4.75 Å². The van der Waals surface area contributed by atoms with Gasteiger partial charge in [0, 0.05) is 17.6 Å². The average Bonchev–Trinajstić information content (AvgIpc) is 2.92. The molecule has 1 unspecified atom stereocenters. The normalized spacial score (nSPS) is 28.5. The summed E-state index contributed by atoms with van der Waals surface area (Å²) in [4.78, 5) is 0. The van der Waals surface area contributed by atoms with Gasteiger partial charge < -0.3 is 4.55 Å². The molecule has 3 atom stereocenters. The molecule has 1 N–H and O–H groups in total. The molecule has 8 heteroatoms. The highest BCUT2D eigenvalue weighted by Crippen LogP contribution is 2.66. The lowest BCUT2D eigenvalue weighted by Gasteiger charge is -2.28. The van der Waals surface area contributed by atoms with Crippen molar-refractivity contribution >= 4 is 11.4 Å². The molecule has 2 heterocycles. The van der Waals surface area contributed by atoms with Crippen molar-refractivity contribution < 1.29 is 17.7 Å². The minimum Gasteiger partial charge on any atom is -0.598 e. The lowest BCUT2D eigenvalue weighted by molar-refractivity contribution is -0.200. The number of nitrogens with zero attached hydrogens (tertiary/aromatic N) is 2. The Morgan fingerprint density at radius 1 is 1.36 bits per heavy atom. The van der Waals surface area contributed by atoms with E-state index in [1.54, 1.807) is 6.07 Å². The zero-order valence-electron chi connectivity index (χ0n) is 12.8. The fourth-order valence-electron chi connectivity index (χ4n) is 3.12. The molecular formula is C14H20F3N3OS. The Hall–Kier alpha value is -0.730. The van der Waals surface area contributed by atoms with Crippen LogP contribution < -0.4 is 4.72 Å². The number of rotatable bonds is 3. The summed E-state index contributed by atoms with van der Waals surface area (Å²) in [7, 11) is 0. The molecule has 0 amide bonds. The van der Waals surface area contributed by atoms with E-state index in [9.17, 15) is 17.7 Å². The summed E-state index contributed by atoms with van der Waals surface area (Å²) in [6.45, 7) is 5.49. The molecule has 1 aliphatic heterocycles. The summed E-state index contributed by atoms with van der Waals surface area (Å²) in [6, 6.07) is 0.656. The molecule has 0 radical (unpaired) electrons. The fraction of sp³-hybridized carbons (Fsp3) is 0.786. The second-order valence-electron chi connectivity index (χ2n) is 7.16. The van der Waals surface area contributed by atoms with Crippen LogP contribution in [0.3, 0.4) is 0 Å². The lowest BCUT2D eigenvalue weighted by Crippen LogP contribution is -2.41. The highest BCUT2D eigenvalue weighted by atomic mass is 32.2. The van der Waals surface area contributed by atoms with Gasteiger partial charge >= 0.3 is 6.18 Å². The number of fused-ring (bicyclic) bond motifs is 1. The van der Waals surface area contributed by atoms with Crippen LogP contribution >= 0.6 is 0 Å². The van der Waals surface area contributed by atoms with Gasteiger partial charge in [0.25, 0.3) is 0 Å². The molecule has 0 spiro atoms. The first kappa shape index (κ1) is 16.1. The van der Waals surface area contributed by atoms with Gasteiger partial charge in [0.15, 0.2) is 0 Å². The van der Waals surface area contributed by atoms with Gasteiger partial charge in [0.2, 0.25) is 0 Å². The molecule has 2 aliphatic rings. The maximum atomic E-state index is 13.4. The van der Waals surface area contributed by atoms with E-state index in [1.807, 2.05) is 20.8 Å². The molecule has 4 nitrogen and oxygen atoms in total. The summed E-state index contributed by atoms with van der Waals surface area (Å²) >= 11 is -1.33. The van der Waals surface area contributed by atoms with E-state index in [0.717, 1.165) is 0 Å². The van der Waals surface area contributed by atoms with Crippen LogP contribution in [-0.4, -0.2) is 25.3 Å². The van der Waals surface area contributed by atoms with E-state index in [4.69, 9.17) is 0 Å². The average molecular weight is 335 g/mol. The summed E-state index contributed by atoms with van der Waals surface area (Å²) in [5.74, 6) is 0. The van der Waals surface area contributed by atoms with Crippen molar-refractivity contribution in [2.45, 2.75) is 63.0 Å². The van der Waals surface area contributed by atoms with E-state index < -0.39 is 33.7 Å². The zero-order valence-corrected chi connectivity index (χ0v) is 13.6. The van der Waals surface area contributed by atoms with E-state index in [0.29, 0.717) is 5.69 Å². The maximum Gasteiger partial charge on any atom is 0.396 e. The number of nitrogens with one attached hydrogen (secondary N) is 1. The molecule has 1 fully saturated rings. The van der Waals surface area contributed by atoms with Crippen LogP contribution in [0.15, 0.2) is 12.3 Å². The molecule has 124 valence electrons. The van der Waals surface area contributed by atoms with Gasteiger partial charge in [-0.05, 0) is 46.1 Å². The highest BCUT2D eigenvalue weighted by Gasteiger charge is 2.69. The second-order valence-corrected chi connectivity index (χ2v) is 9.16. The molecule has 1 saturated carbocycles. The Kier molecular flexibility index (Phi) is 3.58. The molecule has 22 heavy (non-hydrogen) atoms. The van der Waals surface area contributed by atoms with E-state index >= 15 is 0 Å². The first-order valence-corrected chi connectivity index (χ1v) is 8.49. The first-order chi connectivity index (χ1) is 10.1. The summed E-state index contributed by atoms with van der Waals surface area (Å²) in [5.41, 5.74) is -0.967. The maximum absolute atomic E-state index is 13.4. The van der Waals surface area contributed by atoms with Gasteiger partial charge in [-0.15, -0.1) is 4.72 Å². The Morgan fingerprint density at radius 3 is 2.50 bits per heavy atom. The predicted octanol–water partition coefficient (Wildman–Crippen LogP) is 3.26. The van der Waals surface area contributed by atoms with Gasteiger partial charge in [-0.25, -0.2) is 0 Å². The predicted molar refractivity (Wildman–Crippen MR) is 77.4 cm³/mol. The third kappa shape index (κ3) is 2.45. The summed E-state index contributed by atoms with van der Waals surface area (Å²) < 4.78 is 56.5. The quantitative estimate of drug-likeness (QED) is 0.863. The van der Waals surface area contributed by atoms with Crippen LogP contribution in [0.2, 0.25) is 0 Å². The van der Waals surface area contributed by atoms with Crippen LogP contribution in [0.25, 0.3) is 0 Å². The second kappa shape index (κ2) is 4.88. The molecule has 3 rings (SSSR count). The standard InChI is InChI=1S/C14H20F3N3OS/c1-12(2,3)22(21)19-9-8-11(20-10(9)4-7-18-20)13(5-6-13)14(15,16)17/h4,7,9,11,19H,5-6,8H2,1-3H3/t9-,11-,22?/m0/s1. The third-order valence-corrected chi connectivity index (χ3v) is 6.22. The first-order valence-electron chi connectivity index (χ1n) is 7.34. The van der Waals surface area contributed by atoms with Crippen molar-refractivity contribution in [3.05, 3.63) is 18.0 Å². The van der Waals surface area contributed by atoms with E-state index in [1.165, 1.54) is 10.9 Å². The van der Waals surface area contributed by atoms with Crippen LogP contribution in [0.5, 0.6) is 0 Å². The third-order valence-electron chi connectivity index (χ3n) is 4.61. The van der Waals surface area contributed by atoms with Crippen molar-refractivity contribution in [1.29, 1.82) is 0 Å². The number of aromatic nitrogens is 2. The smallest absolute Gasteiger partial charge is 0.396 e. The SMILES string of the molecule is CC(C)(C)[S+]([O-])N[C@H]1C[C@@H](C2(C(F)(F)F)CC2)n2nccc21. The lowest BCUT2D eigenvalue weighted by atomic mass is 9.93. The highest BCUT2D eigenvalue weighted by molar-refractivity contribution is 7.90. The summed E-state index contributed by atoms with van der Waals surface area (Å²) in [6.07, 6.45) is -2.13. The van der Waals surface area contributed by atoms with Crippen molar-refractivity contribution in [3.8, 4) is 0 Å². The Balaban J connectivity index is 1.84. The minimum absolute atomic E-state index is 0.148. The molecule has 1 aromatic rings. The number of halogens is 3. The Labute approximate surface area is 130 Å². The zero-order chi connectivity index (χ0) is 16.3. The van der Waals surface area contributed by atoms with Crippen molar-refractivity contribution in [2.75, 3.05) is 0 Å². The summed E-state index contributed by atoms with van der Waals surface area (Å²) in [5, 5.41) is 4.10. The topological polar surface area (TPSA) is 52.9 Å². The molecule has 0 saturated heterocycles. The molecular weight excluding hydrogens is 315 g/mol. The van der Waals surface area contributed by atoms with Crippen molar-refractivity contribution in [2.24, 2.45) is 5.41 Å². The molecule has 0 bridgehead atoms. The van der Waals surface area contributed by atoms with Crippen LogP contribution in [0.4, 0.5) is 13.2 Å².